The first-order valence-electron chi connectivity index (χ1n) is 4.91. The molecule has 6 nitrogen and oxygen atoms in total. The molecule has 0 aromatic rings. The van der Waals surface area contributed by atoms with E-state index in [2.05, 4.69) is 10.9 Å². The SMILES string of the molecule is CCN(CCC(=O)ONN)CC(C)C#N. The van der Waals surface area contributed by atoms with Crippen LogP contribution in [0.15, 0.2) is 0 Å². The number of hydrogen-bond donors (Lipinski definition) is 2. The first-order chi connectivity index (χ1) is 7.13. The predicted molar refractivity (Wildman–Crippen MR) is 54.9 cm³/mol. The van der Waals surface area contributed by atoms with E-state index in [-0.39, 0.29) is 12.3 Å². The van der Waals surface area contributed by atoms with E-state index in [4.69, 9.17) is 11.1 Å². The zero-order chi connectivity index (χ0) is 11.7. The maximum atomic E-state index is 11.0. The van der Waals surface area contributed by atoms with Gasteiger partial charge in [-0.1, -0.05) is 12.5 Å². The molecule has 0 aliphatic carbocycles. The van der Waals surface area contributed by atoms with Crippen LogP contribution in [0.2, 0.25) is 0 Å². The highest BCUT2D eigenvalue weighted by atomic mass is 16.7. The van der Waals surface area contributed by atoms with Crippen LogP contribution in [0.3, 0.4) is 0 Å². The van der Waals surface area contributed by atoms with E-state index < -0.39 is 5.97 Å². The third-order valence-electron chi connectivity index (χ3n) is 2.00. The molecule has 6 heteroatoms. The van der Waals surface area contributed by atoms with Crippen LogP contribution in [0.5, 0.6) is 0 Å². The van der Waals surface area contributed by atoms with Crippen LogP contribution < -0.4 is 11.4 Å². The molecule has 0 saturated heterocycles. The van der Waals surface area contributed by atoms with Crippen molar-refractivity contribution in [2.24, 2.45) is 11.8 Å². The van der Waals surface area contributed by atoms with E-state index in [0.717, 1.165) is 6.54 Å². The summed E-state index contributed by atoms with van der Waals surface area (Å²) in [6.45, 7) is 5.87. The molecule has 1 atom stereocenters. The Balaban J connectivity index is 3.80. The molecule has 0 spiro atoms. The van der Waals surface area contributed by atoms with Gasteiger partial charge in [-0.25, -0.2) is 5.84 Å². The van der Waals surface area contributed by atoms with Gasteiger partial charge >= 0.3 is 5.97 Å². The highest BCUT2D eigenvalue weighted by Crippen LogP contribution is 1.99. The molecular formula is C9H18N4O2. The quantitative estimate of drug-likeness (QED) is 0.449. The molecule has 1 unspecified atom stereocenters. The monoisotopic (exact) mass is 214 g/mol. The van der Waals surface area contributed by atoms with Crippen molar-refractivity contribution in [1.82, 2.24) is 10.5 Å². The van der Waals surface area contributed by atoms with E-state index in [1.165, 1.54) is 0 Å². The summed E-state index contributed by atoms with van der Waals surface area (Å²) in [5, 5.41) is 8.65. The summed E-state index contributed by atoms with van der Waals surface area (Å²) in [4.78, 5) is 17.3. The highest BCUT2D eigenvalue weighted by Gasteiger charge is 2.10. The fourth-order valence-corrected chi connectivity index (χ4v) is 1.17. The van der Waals surface area contributed by atoms with Crippen LogP contribution >= 0.6 is 0 Å². The summed E-state index contributed by atoms with van der Waals surface area (Å²) in [6, 6.07) is 2.15. The maximum Gasteiger partial charge on any atom is 0.327 e. The van der Waals surface area contributed by atoms with Gasteiger partial charge in [-0.15, -0.1) is 0 Å². The molecule has 0 radical (unpaired) electrons. The second kappa shape index (κ2) is 8.17. The Morgan fingerprint density at radius 1 is 1.73 bits per heavy atom. The largest absolute Gasteiger partial charge is 0.356 e. The molecule has 0 fully saturated rings. The minimum Gasteiger partial charge on any atom is -0.356 e. The summed E-state index contributed by atoms with van der Waals surface area (Å²) in [5.74, 6) is 4.38. The Labute approximate surface area is 89.9 Å². The summed E-state index contributed by atoms with van der Waals surface area (Å²) in [7, 11) is 0. The average Bonchev–Trinajstić information content (AvgIpc) is 2.24. The second-order valence-corrected chi connectivity index (χ2v) is 3.27. The Bertz CT molecular complexity index is 227. The molecule has 0 saturated carbocycles. The maximum absolute atomic E-state index is 11.0. The van der Waals surface area contributed by atoms with Crippen LogP contribution in [0.25, 0.3) is 0 Å². The average molecular weight is 214 g/mol. The molecule has 0 aliphatic rings. The van der Waals surface area contributed by atoms with E-state index >= 15 is 0 Å². The van der Waals surface area contributed by atoms with Gasteiger partial charge in [-0.3, -0.25) is 4.79 Å². The van der Waals surface area contributed by atoms with Crippen molar-refractivity contribution in [3.63, 3.8) is 0 Å². The zero-order valence-corrected chi connectivity index (χ0v) is 9.19. The lowest BCUT2D eigenvalue weighted by molar-refractivity contribution is -0.151. The minimum absolute atomic E-state index is 0.0337. The Hall–Kier alpha value is -1.16. The number of nitrogens with two attached hydrogens (primary N) is 1. The number of carbonyl (C=O) groups is 1. The smallest absolute Gasteiger partial charge is 0.327 e. The second-order valence-electron chi connectivity index (χ2n) is 3.27. The van der Waals surface area contributed by atoms with Crippen LogP contribution in [0, 0.1) is 17.2 Å². The summed E-state index contributed by atoms with van der Waals surface area (Å²) >= 11 is 0. The number of hydrazine groups is 1. The molecule has 0 heterocycles. The molecule has 86 valence electrons. The zero-order valence-electron chi connectivity index (χ0n) is 9.19. The third-order valence-corrected chi connectivity index (χ3v) is 2.00. The van der Waals surface area contributed by atoms with Gasteiger partial charge in [0, 0.05) is 13.1 Å². The van der Waals surface area contributed by atoms with Crippen LogP contribution in [-0.4, -0.2) is 30.5 Å². The van der Waals surface area contributed by atoms with E-state index in [1.54, 1.807) is 0 Å². The molecule has 0 rings (SSSR count). The van der Waals surface area contributed by atoms with Gasteiger partial charge in [-0.2, -0.15) is 5.26 Å². The summed E-state index contributed by atoms with van der Waals surface area (Å²) in [6.07, 6.45) is 0.260. The first-order valence-corrected chi connectivity index (χ1v) is 4.91. The highest BCUT2D eigenvalue weighted by molar-refractivity contribution is 5.69. The van der Waals surface area contributed by atoms with Crippen molar-refractivity contribution < 1.29 is 9.63 Å². The number of nitriles is 1. The molecular weight excluding hydrogens is 196 g/mol. The fraction of sp³-hybridized carbons (Fsp3) is 0.778. The van der Waals surface area contributed by atoms with E-state index in [9.17, 15) is 4.79 Å². The summed E-state index contributed by atoms with van der Waals surface area (Å²) < 4.78 is 0. The molecule has 3 N–H and O–H groups in total. The number of nitrogens with one attached hydrogen (secondary N) is 1. The standard InChI is InChI=1S/C9H18N4O2/c1-3-13(7-8(2)6-10)5-4-9(14)15-12-11/h8,12H,3-5,7,11H2,1-2H3. The Kier molecular flexibility index (Phi) is 7.54. The van der Waals surface area contributed by atoms with Gasteiger partial charge in [0.2, 0.25) is 0 Å². The minimum atomic E-state index is -0.402. The van der Waals surface area contributed by atoms with Gasteiger partial charge in [0.15, 0.2) is 0 Å². The first kappa shape index (κ1) is 13.8. The number of carbonyl (C=O) groups excluding carboxylic acids is 1. The van der Waals surface area contributed by atoms with Crippen molar-refractivity contribution in [3.05, 3.63) is 0 Å². The normalized spacial score (nSPS) is 12.2. The molecule has 0 amide bonds. The lowest BCUT2D eigenvalue weighted by Crippen LogP contribution is -2.32. The third kappa shape index (κ3) is 6.85. The lowest BCUT2D eigenvalue weighted by Gasteiger charge is -2.20. The lowest BCUT2D eigenvalue weighted by atomic mass is 10.2. The van der Waals surface area contributed by atoms with Gasteiger partial charge in [0.25, 0.3) is 0 Å². The predicted octanol–water partition coefficient (Wildman–Crippen LogP) is -0.220. The van der Waals surface area contributed by atoms with E-state index in [1.807, 2.05) is 24.3 Å². The summed E-state index contributed by atoms with van der Waals surface area (Å²) in [5.41, 5.74) is 1.84. The molecule has 0 bridgehead atoms. The number of hydrogen-bond acceptors (Lipinski definition) is 6. The van der Waals surface area contributed by atoms with Gasteiger partial charge in [-0.05, 0) is 13.5 Å². The van der Waals surface area contributed by atoms with Gasteiger partial charge in [0.1, 0.15) is 0 Å². The van der Waals surface area contributed by atoms with Crippen molar-refractivity contribution in [1.29, 1.82) is 5.26 Å². The van der Waals surface area contributed by atoms with Crippen LogP contribution in [0.1, 0.15) is 20.3 Å². The number of nitrogens with zero attached hydrogens (tertiary/aromatic N) is 2. The van der Waals surface area contributed by atoms with Gasteiger partial charge < -0.3 is 9.74 Å². The Morgan fingerprint density at radius 3 is 2.87 bits per heavy atom. The molecule has 0 aromatic carbocycles. The molecule has 15 heavy (non-hydrogen) atoms. The van der Waals surface area contributed by atoms with Crippen molar-refractivity contribution >= 4 is 5.97 Å². The van der Waals surface area contributed by atoms with Crippen molar-refractivity contribution in [3.8, 4) is 6.07 Å². The van der Waals surface area contributed by atoms with Gasteiger partial charge in [0.05, 0.1) is 18.4 Å². The topological polar surface area (TPSA) is 91.4 Å². The molecule has 0 aromatic heterocycles. The van der Waals surface area contributed by atoms with Crippen LogP contribution in [0.4, 0.5) is 0 Å². The fourth-order valence-electron chi connectivity index (χ4n) is 1.17. The van der Waals surface area contributed by atoms with Crippen molar-refractivity contribution in [2.45, 2.75) is 20.3 Å². The Morgan fingerprint density at radius 2 is 2.40 bits per heavy atom. The van der Waals surface area contributed by atoms with Crippen LogP contribution in [-0.2, 0) is 9.63 Å². The van der Waals surface area contributed by atoms with Crippen molar-refractivity contribution in [2.75, 3.05) is 19.6 Å². The van der Waals surface area contributed by atoms with E-state index in [0.29, 0.717) is 13.1 Å². The number of rotatable bonds is 7. The molecule has 0 aliphatic heterocycles.